The molecule has 1 atom stereocenters. The van der Waals surface area contributed by atoms with Gasteiger partial charge in [-0.1, -0.05) is 41.5 Å². The Morgan fingerprint density at radius 1 is 1.09 bits per heavy atom. The summed E-state index contributed by atoms with van der Waals surface area (Å²) in [6, 6.07) is 0. The molecule has 0 aromatic carbocycles. The number of rotatable bonds is 4. The van der Waals surface area contributed by atoms with Gasteiger partial charge in [-0.2, -0.15) is 0 Å². The van der Waals surface area contributed by atoms with Crippen LogP contribution in [0.3, 0.4) is 0 Å². The highest BCUT2D eigenvalue weighted by Gasteiger charge is 2.52. The quantitative estimate of drug-likeness (QED) is 0.781. The minimum atomic E-state index is -0.959. The summed E-state index contributed by atoms with van der Waals surface area (Å²) in [6.07, 6.45) is 3.65. The molecule has 1 saturated carbocycles. The van der Waals surface area contributed by atoms with Crippen LogP contribution in [0.15, 0.2) is 0 Å². The molecule has 1 rings (SSSR count). The predicted octanol–water partition coefficient (Wildman–Crippen LogP) is 4.42. The van der Waals surface area contributed by atoms with Gasteiger partial charge in [-0.3, -0.25) is 9.59 Å². The Hall–Kier alpha value is -1.06. The summed E-state index contributed by atoms with van der Waals surface area (Å²) in [5, 5.41) is 8.66. The minimum absolute atomic E-state index is 0.0378. The fourth-order valence-electron chi connectivity index (χ4n) is 4.27. The molecular formula is C18H32O4. The molecular weight excluding hydrogens is 280 g/mol. The Labute approximate surface area is 134 Å². The molecule has 0 aromatic rings. The van der Waals surface area contributed by atoms with E-state index < -0.39 is 5.97 Å². The highest BCUT2D eigenvalue weighted by molar-refractivity contribution is 5.76. The topological polar surface area (TPSA) is 63.6 Å². The number of ether oxygens (including phenoxy) is 1. The molecule has 4 heteroatoms. The molecule has 1 fully saturated rings. The zero-order valence-corrected chi connectivity index (χ0v) is 15.0. The van der Waals surface area contributed by atoms with E-state index in [-0.39, 0.29) is 41.2 Å². The van der Waals surface area contributed by atoms with Crippen LogP contribution in [0.1, 0.15) is 80.1 Å². The summed E-state index contributed by atoms with van der Waals surface area (Å²) >= 11 is 0. The van der Waals surface area contributed by atoms with Gasteiger partial charge in [-0.05, 0) is 41.9 Å². The zero-order chi connectivity index (χ0) is 17.2. The predicted molar refractivity (Wildman–Crippen MR) is 86.6 cm³/mol. The first-order chi connectivity index (χ1) is 9.89. The molecule has 0 spiro atoms. The molecule has 0 radical (unpaired) electrons. The average molecular weight is 312 g/mol. The van der Waals surface area contributed by atoms with Crippen LogP contribution in [-0.2, 0) is 14.3 Å². The van der Waals surface area contributed by atoms with E-state index in [9.17, 15) is 9.59 Å². The monoisotopic (exact) mass is 312 g/mol. The first-order valence-electron chi connectivity index (χ1n) is 8.30. The van der Waals surface area contributed by atoms with Gasteiger partial charge in [0.1, 0.15) is 6.10 Å². The van der Waals surface area contributed by atoms with Gasteiger partial charge < -0.3 is 9.84 Å². The van der Waals surface area contributed by atoms with E-state index in [1.165, 1.54) is 0 Å². The molecule has 0 aromatic heterocycles. The van der Waals surface area contributed by atoms with Crippen LogP contribution in [0.2, 0.25) is 0 Å². The van der Waals surface area contributed by atoms with E-state index in [4.69, 9.17) is 9.84 Å². The van der Waals surface area contributed by atoms with E-state index >= 15 is 0 Å². The molecule has 0 aliphatic heterocycles. The molecule has 1 unspecified atom stereocenters. The average Bonchev–Trinajstić information content (AvgIpc) is 2.34. The van der Waals surface area contributed by atoms with Crippen molar-refractivity contribution < 1.29 is 19.4 Å². The van der Waals surface area contributed by atoms with Crippen molar-refractivity contribution in [2.75, 3.05) is 0 Å². The van der Waals surface area contributed by atoms with Crippen LogP contribution in [0.25, 0.3) is 0 Å². The largest absolute Gasteiger partial charge is 0.481 e. The van der Waals surface area contributed by atoms with Gasteiger partial charge in [-0.15, -0.1) is 0 Å². The van der Waals surface area contributed by atoms with Crippen LogP contribution in [0.5, 0.6) is 0 Å². The highest BCUT2D eigenvalue weighted by atomic mass is 16.5. The third kappa shape index (κ3) is 4.23. The molecule has 22 heavy (non-hydrogen) atoms. The molecule has 128 valence electrons. The Morgan fingerprint density at radius 3 is 2.09 bits per heavy atom. The van der Waals surface area contributed by atoms with Gasteiger partial charge in [0, 0.05) is 0 Å². The second-order valence-corrected chi connectivity index (χ2v) is 8.68. The third-order valence-corrected chi connectivity index (χ3v) is 5.42. The smallest absolute Gasteiger partial charge is 0.306 e. The molecule has 1 aliphatic carbocycles. The molecule has 0 amide bonds. The second-order valence-electron chi connectivity index (χ2n) is 8.68. The number of carbonyl (C=O) groups excluding carboxylic acids is 1. The Bertz CT molecular complexity index is 398. The van der Waals surface area contributed by atoms with Crippen LogP contribution in [0, 0.1) is 16.2 Å². The first-order valence-corrected chi connectivity index (χ1v) is 8.30. The number of esters is 1. The number of carboxylic acid groups (broad SMARTS) is 1. The van der Waals surface area contributed by atoms with Crippen molar-refractivity contribution in [3.63, 3.8) is 0 Å². The maximum Gasteiger partial charge on any atom is 0.306 e. The van der Waals surface area contributed by atoms with E-state index in [2.05, 4.69) is 41.5 Å². The van der Waals surface area contributed by atoms with E-state index in [0.29, 0.717) is 0 Å². The van der Waals surface area contributed by atoms with Crippen molar-refractivity contribution in [3.8, 4) is 0 Å². The van der Waals surface area contributed by atoms with Crippen LogP contribution in [-0.4, -0.2) is 23.1 Å². The lowest BCUT2D eigenvalue weighted by atomic mass is 9.48. The number of carbonyl (C=O) groups is 2. The van der Waals surface area contributed by atoms with Gasteiger partial charge in [0.2, 0.25) is 0 Å². The first kappa shape index (κ1) is 19.0. The SMILES string of the molecule is CC(C)(C)C1(C(C)(C)C)CCCC(OC(=O)CCC(=O)O)C1. The maximum absolute atomic E-state index is 11.8. The third-order valence-electron chi connectivity index (χ3n) is 5.42. The van der Waals surface area contributed by atoms with Gasteiger partial charge >= 0.3 is 11.9 Å². The maximum atomic E-state index is 11.8. The van der Waals surface area contributed by atoms with E-state index in [1.54, 1.807) is 0 Å². The lowest BCUT2D eigenvalue weighted by Gasteiger charge is -2.57. The van der Waals surface area contributed by atoms with Crippen LogP contribution >= 0.6 is 0 Å². The normalized spacial score (nSPS) is 22.2. The van der Waals surface area contributed by atoms with Gasteiger partial charge in [0.15, 0.2) is 0 Å². The van der Waals surface area contributed by atoms with Gasteiger partial charge in [0.25, 0.3) is 0 Å². The number of aliphatic carboxylic acids is 1. The summed E-state index contributed by atoms with van der Waals surface area (Å²) in [7, 11) is 0. The fraction of sp³-hybridized carbons (Fsp3) is 0.889. The summed E-state index contributed by atoms with van der Waals surface area (Å²) in [5.74, 6) is -1.34. The molecule has 0 saturated heterocycles. The van der Waals surface area contributed by atoms with Crippen molar-refractivity contribution in [2.24, 2.45) is 16.2 Å². The standard InChI is InChI=1S/C18H32O4/c1-16(2,3)18(17(4,5)6)11-7-8-13(12-18)22-15(21)10-9-14(19)20/h13H,7-12H2,1-6H3,(H,19,20). The van der Waals surface area contributed by atoms with Crippen molar-refractivity contribution in [3.05, 3.63) is 0 Å². The van der Waals surface area contributed by atoms with E-state index in [1.807, 2.05) is 0 Å². The van der Waals surface area contributed by atoms with Gasteiger partial charge in [0.05, 0.1) is 12.8 Å². The lowest BCUT2D eigenvalue weighted by molar-refractivity contribution is -0.163. The summed E-state index contributed by atoms with van der Waals surface area (Å²) in [5.41, 5.74) is 0.352. The fourth-order valence-corrected chi connectivity index (χ4v) is 4.27. The summed E-state index contributed by atoms with van der Waals surface area (Å²) < 4.78 is 5.59. The molecule has 0 heterocycles. The van der Waals surface area contributed by atoms with Crippen LogP contribution < -0.4 is 0 Å². The lowest BCUT2D eigenvalue weighted by Crippen LogP contribution is -2.51. The van der Waals surface area contributed by atoms with Crippen molar-refractivity contribution >= 4 is 11.9 Å². The number of hydrogen-bond acceptors (Lipinski definition) is 3. The Balaban J connectivity index is 2.81. The number of carboxylic acids is 1. The van der Waals surface area contributed by atoms with Crippen molar-refractivity contribution in [1.82, 2.24) is 0 Å². The summed E-state index contributed by atoms with van der Waals surface area (Å²) in [4.78, 5) is 22.4. The molecule has 4 nitrogen and oxygen atoms in total. The molecule has 1 N–H and O–H groups in total. The van der Waals surface area contributed by atoms with Crippen molar-refractivity contribution in [1.29, 1.82) is 0 Å². The molecule has 0 bridgehead atoms. The van der Waals surface area contributed by atoms with E-state index in [0.717, 1.165) is 25.7 Å². The van der Waals surface area contributed by atoms with Gasteiger partial charge in [-0.25, -0.2) is 0 Å². The minimum Gasteiger partial charge on any atom is -0.481 e. The number of hydrogen-bond donors (Lipinski definition) is 1. The Morgan fingerprint density at radius 2 is 1.64 bits per heavy atom. The second kappa shape index (κ2) is 6.59. The summed E-state index contributed by atoms with van der Waals surface area (Å²) in [6.45, 7) is 13.6. The highest BCUT2D eigenvalue weighted by Crippen LogP contribution is 2.59. The van der Waals surface area contributed by atoms with Crippen molar-refractivity contribution in [2.45, 2.75) is 86.2 Å². The Kier molecular flexibility index (Phi) is 5.69. The van der Waals surface area contributed by atoms with Crippen LogP contribution in [0.4, 0.5) is 0 Å². The molecule has 1 aliphatic rings. The zero-order valence-electron chi connectivity index (χ0n) is 15.0.